The van der Waals surface area contributed by atoms with Crippen LogP contribution in [0.15, 0.2) is 71.8 Å². The number of carbonyl (C=O) groups is 1. The minimum absolute atomic E-state index is 0.0479. The van der Waals surface area contributed by atoms with Gasteiger partial charge >= 0.3 is 0 Å². The van der Waals surface area contributed by atoms with E-state index in [4.69, 9.17) is 22.1 Å². The van der Waals surface area contributed by atoms with Gasteiger partial charge in [-0.1, -0.05) is 60.2 Å². The summed E-state index contributed by atoms with van der Waals surface area (Å²) in [4.78, 5) is 18.3. The van der Waals surface area contributed by atoms with E-state index >= 15 is 0 Å². The molecular weight excluding hydrogens is 410 g/mol. The normalized spacial score (nSPS) is 23.1. The van der Waals surface area contributed by atoms with Crippen LogP contribution >= 0.6 is 11.6 Å². The largest absolute Gasteiger partial charge is 0.491 e. The summed E-state index contributed by atoms with van der Waals surface area (Å²) in [6.07, 6.45) is 9.63. The van der Waals surface area contributed by atoms with Crippen molar-refractivity contribution in [2.24, 2.45) is 16.6 Å². The highest BCUT2D eigenvalue weighted by atomic mass is 35.5. The summed E-state index contributed by atoms with van der Waals surface area (Å²) in [7, 11) is 1.64. The molecule has 1 heterocycles. The fourth-order valence-electron chi connectivity index (χ4n) is 3.86. The van der Waals surface area contributed by atoms with E-state index in [0.29, 0.717) is 23.3 Å². The third kappa shape index (κ3) is 4.52. The molecule has 0 saturated heterocycles. The molecule has 2 aromatic rings. The zero-order valence-corrected chi connectivity index (χ0v) is 18.5. The van der Waals surface area contributed by atoms with Gasteiger partial charge in [0.2, 0.25) is 5.91 Å². The summed E-state index contributed by atoms with van der Waals surface area (Å²) >= 11 is 6.52. The molecule has 2 N–H and O–H groups in total. The van der Waals surface area contributed by atoms with Crippen LogP contribution in [-0.2, 0) is 10.3 Å². The van der Waals surface area contributed by atoms with Crippen LogP contribution in [0, 0.1) is 5.92 Å². The van der Waals surface area contributed by atoms with Crippen molar-refractivity contribution >= 4 is 23.5 Å². The molecule has 0 radical (unpaired) electrons. The number of ether oxygens (including phenoxy) is 1. The summed E-state index contributed by atoms with van der Waals surface area (Å²) < 4.78 is 5.94. The minimum Gasteiger partial charge on any atom is -0.491 e. The lowest BCUT2D eigenvalue weighted by molar-refractivity contribution is -0.128. The van der Waals surface area contributed by atoms with Crippen molar-refractivity contribution in [2.75, 3.05) is 13.7 Å². The Bertz CT molecular complexity index is 1090. The molecule has 0 spiro atoms. The van der Waals surface area contributed by atoms with Crippen molar-refractivity contribution in [3.63, 3.8) is 0 Å². The van der Waals surface area contributed by atoms with Crippen LogP contribution in [0.2, 0.25) is 5.02 Å². The Morgan fingerprint density at radius 2 is 2.03 bits per heavy atom. The van der Waals surface area contributed by atoms with Gasteiger partial charge < -0.3 is 10.5 Å². The fourth-order valence-corrected chi connectivity index (χ4v) is 4.09. The lowest BCUT2D eigenvalue weighted by atomic mass is 9.86. The van der Waals surface area contributed by atoms with E-state index in [1.54, 1.807) is 7.05 Å². The topological polar surface area (TPSA) is 67.9 Å². The lowest BCUT2D eigenvalue weighted by Crippen LogP contribution is -2.47. The number of allylic oxidation sites excluding steroid dienone is 3. The monoisotopic (exact) mass is 435 g/mol. The van der Waals surface area contributed by atoms with Crippen LogP contribution in [0.1, 0.15) is 25.3 Å². The summed E-state index contributed by atoms with van der Waals surface area (Å²) in [6.45, 7) is 2.53. The van der Waals surface area contributed by atoms with E-state index in [1.165, 1.54) is 4.90 Å². The Labute approximate surface area is 187 Å². The van der Waals surface area contributed by atoms with Crippen LogP contribution in [0.4, 0.5) is 0 Å². The van der Waals surface area contributed by atoms with Crippen molar-refractivity contribution in [1.29, 1.82) is 0 Å². The van der Waals surface area contributed by atoms with Crippen molar-refractivity contribution in [3.8, 4) is 16.9 Å². The van der Waals surface area contributed by atoms with Gasteiger partial charge in [0.05, 0.1) is 23.6 Å². The Morgan fingerprint density at radius 3 is 2.74 bits per heavy atom. The number of amides is 1. The second-order valence-corrected chi connectivity index (χ2v) is 8.63. The molecule has 0 saturated carbocycles. The van der Waals surface area contributed by atoms with Gasteiger partial charge in [-0.25, -0.2) is 4.99 Å². The summed E-state index contributed by atoms with van der Waals surface area (Å²) in [6, 6.07) is 13.8. The smallest absolute Gasteiger partial charge is 0.231 e. The van der Waals surface area contributed by atoms with Crippen molar-refractivity contribution in [1.82, 2.24) is 4.90 Å². The molecule has 1 aliphatic heterocycles. The fraction of sp³-hybridized carbons (Fsp3) is 0.280. The van der Waals surface area contributed by atoms with Crippen molar-refractivity contribution in [2.45, 2.75) is 25.3 Å². The maximum atomic E-state index is 12.3. The van der Waals surface area contributed by atoms with E-state index in [2.05, 4.69) is 17.1 Å². The van der Waals surface area contributed by atoms with Crippen LogP contribution in [0.5, 0.6) is 5.75 Å². The van der Waals surface area contributed by atoms with Crippen molar-refractivity contribution in [3.05, 3.63) is 77.4 Å². The van der Waals surface area contributed by atoms with Crippen LogP contribution in [-0.4, -0.2) is 30.4 Å². The molecule has 160 valence electrons. The van der Waals surface area contributed by atoms with Gasteiger partial charge in [-0.05, 0) is 48.2 Å². The Balaban J connectivity index is 1.55. The first kappa shape index (κ1) is 21.2. The van der Waals surface area contributed by atoms with Gasteiger partial charge in [0.1, 0.15) is 5.75 Å². The van der Waals surface area contributed by atoms with Crippen LogP contribution in [0.25, 0.3) is 11.1 Å². The quantitative estimate of drug-likeness (QED) is 0.725. The number of nitrogens with two attached hydrogens (primary N) is 1. The Morgan fingerprint density at radius 1 is 1.23 bits per heavy atom. The van der Waals surface area contributed by atoms with E-state index in [1.807, 2.05) is 61.5 Å². The molecule has 31 heavy (non-hydrogen) atoms. The highest BCUT2D eigenvalue weighted by Crippen LogP contribution is 2.36. The number of carbonyl (C=O) groups excluding carboxylic acids is 1. The van der Waals surface area contributed by atoms with Gasteiger partial charge in [-0.2, -0.15) is 0 Å². The zero-order valence-electron chi connectivity index (χ0n) is 17.7. The molecule has 2 aliphatic rings. The number of aliphatic imine (C=N–C) groups is 1. The number of hydrogen-bond acceptors (Lipinski definition) is 4. The summed E-state index contributed by atoms with van der Waals surface area (Å²) in [5.74, 6) is 1.23. The van der Waals surface area contributed by atoms with Gasteiger partial charge in [-0.3, -0.25) is 9.69 Å². The van der Waals surface area contributed by atoms with E-state index < -0.39 is 5.54 Å². The van der Waals surface area contributed by atoms with E-state index in [-0.39, 0.29) is 18.3 Å². The number of guanidine groups is 1. The molecule has 2 aromatic carbocycles. The number of nitrogens with zero attached hydrogens (tertiary/aromatic N) is 2. The molecule has 2 unspecified atom stereocenters. The first-order valence-corrected chi connectivity index (χ1v) is 10.7. The van der Waals surface area contributed by atoms with E-state index in [9.17, 15) is 4.79 Å². The molecule has 1 aliphatic carbocycles. The van der Waals surface area contributed by atoms with Crippen LogP contribution in [0.3, 0.4) is 0 Å². The van der Waals surface area contributed by atoms with Gasteiger partial charge in [0, 0.05) is 13.0 Å². The molecule has 0 aromatic heterocycles. The Hall–Kier alpha value is -3.05. The van der Waals surface area contributed by atoms with Crippen molar-refractivity contribution < 1.29 is 9.53 Å². The average Bonchev–Trinajstić information content (AvgIpc) is 2.77. The molecule has 2 atom stereocenters. The predicted molar refractivity (Wildman–Crippen MR) is 125 cm³/mol. The average molecular weight is 436 g/mol. The maximum absolute atomic E-state index is 12.3. The summed E-state index contributed by atoms with van der Waals surface area (Å²) in [5.41, 5.74) is 8.17. The standard InChI is InChI=1S/C25H26ClN3O2/c1-25(15-23(30)29(2)24(27)28-25)20-10-6-9-18(13-20)19-11-12-22(21(26)14-19)31-16-17-7-4-3-5-8-17/h3-7,9-14,17H,8,15-16H2,1-2H3,(H2,27,28). The summed E-state index contributed by atoms with van der Waals surface area (Å²) in [5, 5.41) is 0.571. The minimum atomic E-state index is -0.696. The predicted octanol–water partition coefficient (Wildman–Crippen LogP) is 4.91. The highest BCUT2D eigenvalue weighted by molar-refractivity contribution is 6.32. The second-order valence-electron chi connectivity index (χ2n) is 8.22. The number of hydrogen-bond donors (Lipinski definition) is 1. The first-order chi connectivity index (χ1) is 14.9. The molecular formula is C25H26ClN3O2. The highest BCUT2D eigenvalue weighted by Gasteiger charge is 2.36. The van der Waals surface area contributed by atoms with E-state index in [0.717, 1.165) is 23.1 Å². The number of halogens is 1. The van der Waals surface area contributed by atoms with Gasteiger partial charge in [-0.15, -0.1) is 0 Å². The van der Waals surface area contributed by atoms with Gasteiger partial charge in [0.25, 0.3) is 0 Å². The third-order valence-corrected chi connectivity index (χ3v) is 6.14. The third-order valence-electron chi connectivity index (χ3n) is 5.85. The molecule has 6 heteroatoms. The van der Waals surface area contributed by atoms with Crippen LogP contribution < -0.4 is 10.5 Å². The zero-order chi connectivity index (χ0) is 22.0. The Kier molecular flexibility index (Phi) is 5.88. The molecule has 4 rings (SSSR count). The molecule has 0 bridgehead atoms. The molecule has 0 fully saturated rings. The van der Waals surface area contributed by atoms with Gasteiger partial charge in [0.15, 0.2) is 5.96 Å². The first-order valence-electron chi connectivity index (χ1n) is 10.3. The lowest BCUT2D eigenvalue weighted by Gasteiger charge is -2.33. The molecule has 1 amide bonds. The SMILES string of the molecule is CN1C(=O)CC(C)(c2cccc(-c3ccc(OCC4C=CC=CC4)c(Cl)c3)c2)N=C1N. The number of rotatable bonds is 5. The second kappa shape index (κ2) is 8.60. The number of benzene rings is 2. The maximum Gasteiger partial charge on any atom is 0.231 e. The molecule has 5 nitrogen and oxygen atoms in total.